The van der Waals surface area contributed by atoms with E-state index in [1.807, 2.05) is 52.0 Å². The number of aryl methyl sites for hydroxylation is 1. The molecule has 0 spiro atoms. The van der Waals surface area contributed by atoms with Gasteiger partial charge in [-0.15, -0.1) is 0 Å². The molecule has 3 aromatic rings. The molecule has 3 heterocycles. The van der Waals surface area contributed by atoms with Crippen LogP contribution < -0.4 is 15.0 Å². The molecule has 1 atom stereocenters. The van der Waals surface area contributed by atoms with Crippen molar-refractivity contribution in [2.24, 2.45) is 11.3 Å². The number of rotatable bonds is 13. The predicted molar refractivity (Wildman–Crippen MR) is 182 cm³/mol. The Morgan fingerprint density at radius 3 is 2.34 bits per heavy atom. The van der Waals surface area contributed by atoms with Gasteiger partial charge in [0.1, 0.15) is 11.6 Å². The molecule has 0 amide bonds. The van der Waals surface area contributed by atoms with E-state index in [0.717, 1.165) is 79.5 Å². The second-order valence-electron chi connectivity index (χ2n) is 14.7. The Morgan fingerprint density at radius 1 is 1.11 bits per heavy atom. The first-order valence-corrected chi connectivity index (χ1v) is 16.7. The smallest absolute Gasteiger partial charge is 0.337 e. The maximum atomic E-state index is 13.3. The van der Waals surface area contributed by atoms with Gasteiger partial charge in [-0.2, -0.15) is 0 Å². The number of pyridine rings is 1. The molecule has 0 radical (unpaired) electrons. The fourth-order valence-electron chi connectivity index (χ4n) is 6.21. The molecule has 2 aromatic carbocycles. The highest BCUT2D eigenvalue weighted by atomic mass is 19.1. The molecule has 254 valence electrons. The first-order chi connectivity index (χ1) is 22.3. The number of aromatic nitrogens is 1. The Bertz CT molecular complexity index is 1500. The Balaban J connectivity index is 1.55. The minimum Gasteiger partial charge on any atom is -0.493 e. The Labute approximate surface area is 278 Å². The summed E-state index contributed by atoms with van der Waals surface area (Å²) in [5, 5.41) is 14.2. The quantitative estimate of drug-likeness (QED) is 0.203. The van der Waals surface area contributed by atoms with E-state index in [1.54, 1.807) is 12.1 Å². The maximum Gasteiger partial charge on any atom is 0.337 e. The Morgan fingerprint density at radius 2 is 1.77 bits per heavy atom. The van der Waals surface area contributed by atoms with Crippen LogP contribution in [-0.4, -0.2) is 61.1 Å². The third-order valence-corrected chi connectivity index (χ3v) is 9.01. The van der Waals surface area contributed by atoms with Crippen LogP contribution in [-0.2, 0) is 27.2 Å². The van der Waals surface area contributed by atoms with Crippen molar-refractivity contribution < 1.29 is 28.5 Å². The number of piperidine rings is 1. The lowest BCUT2D eigenvalue weighted by Crippen LogP contribution is -2.40. The predicted octanol–water partition coefficient (Wildman–Crippen LogP) is 7.12. The lowest BCUT2D eigenvalue weighted by atomic mass is 9.81. The van der Waals surface area contributed by atoms with E-state index in [0.29, 0.717) is 36.7 Å². The number of hydrogen-bond acceptors (Lipinski definition) is 7. The van der Waals surface area contributed by atoms with Gasteiger partial charge in [-0.05, 0) is 81.3 Å². The Kier molecular flexibility index (Phi) is 10.9. The maximum absolute atomic E-state index is 13.3. The molecular formula is C38H50FN3O5. The zero-order valence-corrected chi connectivity index (χ0v) is 28.7. The van der Waals surface area contributed by atoms with Crippen molar-refractivity contribution >= 4 is 11.7 Å². The average Bonchev–Trinajstić information content (AvgIpc) is 2.98. The van der Waals surface area contributed by atoms with Crippen molar-refractivity contribution in [3.63, 3.8) is 0 Å². The van der Waals surface area contributed by atoms with Gasteiger partial charge in [0.2, 0.25) is 0 Å². The summed E-state index contributed by atoms with van der Waals surface area (Å²) in [7, 11) is 0. The van der Waals surface area contributed by atoms with Crippen molar-refractivity contribution in [1.29, 1.82) is 0 Å². The summed E-state index contributed by atoms with van der Waals surface area (Å²) >= 11 is 0. The topological polar surface area (TPSA) is 93.2 Å². The summed E-state index contributed by atoms with van der Waals surface area (Å²) in [4.78, 5) is 20.4. The lowest BCUT2D eigenvalue weighted by Gasteiger charge is -2.41. The molecule has 2 aliphatic rings. The largest absolute Gasteiger partial charge is 0.493 e. The monoisotopic (exact) mass is 647 g/mol. The zero-order valence-electron chi connectivity index (χ0n) is 28.7. The van der Waals surface area contributed by atoms with Gasteiger partial charge in [-0.3, -0.25) is 4.98 Å². The lowest BCUT2D eigenvalue weighted by molar-refractivity contribution is -0.160. The molecule has 47 heavy (non-hydrogen) atoms. The van der Waals surface area contributed by atoms with E-state index in [-0.39, 0.29) is 11.2 Å². The molecular weight excluding hydrogens is 597 g/mol. The highest BCUT2D eigenvalue weighted by Crippen LogP contribution is 2.45. The molecule has 0 bridgehead atoms. The van der Waals surface area contributed by atoms with Crippen LogP contribution in [0.5, 0.6) is 5.75 Å². The number of aliphatic carboxylic acids is 1. The standard InChI is InChI=1S/C38H50FN3O5/c1-25-32(35(36(43)44)47-37(2,3)4)34(42-18-16-38(5,6)17-19-42)33(31(41-25)22-40-21-27-23-45-24-27)28-9-13-30(14-10-28)46-20-15-26-7-11-29(39)12-8-26/h7-14,27,35,40H,15-24H2,1-6H3,(H,43,44). The van der Waals surface area contributed by atoms with Gasteiger partial charge in [0, 0.05) is 55.3 Å². The second kappa shape index (κ2) is 14.7. The van der Waals surface area contributed by atoms with Gasteiger partial charge in [-0.1, -0.05) is 38.1 Å². The van der Waals surface area contributed by atoms with Gasteiger partial charge in [0.05, 0.1) is 36.8 Å². The normalized spacial score (nSPS) is 17.3. The minimum absolute atomic E-state index is 0.204. The van der Waals surface area contributed by atoms with Gasteiger partial charge in [0.25, 0.3) is 0 Å². The highest BCUT2D eigenvalue weighted by molar-refractivity contribution is 5.88. The number of anilines is 1. The van der Waals surface area contributed by atoms with Crippen LogP contribution in [0, 0.1) is 24.1 Å². The summed E-state index contributed by atoms with van der Waals surface area (Å²) in [5.74, 6) is -0.0832. The molecule has 2 fully saturated rings. The number of carboxylic acid groups (broad SMARTS) is 1. The molecule has 1 unspecified atom stereocenters. The molecule has 2 aliphatic heterocycles. The molecule has 5 rings (SSSR count). The number of carboxylic acids is 1. The molecule has 2 N–H and O–H groups in total. The molecule has 8 nitrogen and oxygen atoms in total. The van der Waals surface area contributed by atoms with Crippen LogP contribution in [0.4, 0.5) is 10.1 Å². The zero-order chi connectivity index (χ0) is 33.8. The van der Waals surface area contributed by atoms with E-state index < -0.39 is 17.7 Å². The van der Waals surface area contributed by atoms with Crippen molar-refractivity contribution in [3.8, 4) is 16.9 Å². The van der Waals surface area contributed by atoms with Gasteiger partial charge < -0.3 is 29.5 Å². The Hall–Kier alpha value is -3.53. The molecule has 9 heteroatoms. The highest BCUT2D eigenvalue weighted by Gasteiger charge is 2.37. The van der Waals surface area contributed by atoms with Crippen LogP contribution >= 0.6 is 0 Å². The van der Waals surface area contributed by atoms with Crippen LogP contribution in [0.1, 0.15) is 76.1 Å². The average molecular weight is 648 g/mol. The SMILES string of the molecule is Cc1nc(CNCC2COC2)c(-c2ccc(OCCc3ccc(F)cc3)cc2)c(N2CCC(C)(C)CC2)c1C(OC(C)(C)C)C(=O)O. The van der Waals surface area contributed by atoms with Crippen molar-refractivity contribution in [2.45, 2.75) is 79.1 Å². The van der Waals surface area contributed by atoms with E-state index >= 15 is 0 Å². The summed E-state index contributed by atoms with van der Waals surface area (Å²) in [6.07, 6.45) is 1.45. The van der Waals surface area contributed by atoms with Gasteiger partial charge in [-0.25, -0.2) is 9.18 Å². The van der Waals surface area contributed by atoms with Crippen LogP contribution in [0.15, 0.2) is 48.5 Å². The number of carbonyl (C=O) groups is 1. The molecule has 0 aliphatic carbocycles. The first kappa shape index (κ1) is 34.8. The van der Waals surface area contributed by atoms with Crippen LogP contribution in [0.25, 0.3) is 11.1 Å². The van der Waals surface area contributed by atoms with Crippen LogP contribution in [0.3, 0.4) is 0 Å². The number of hydrogen-bond donors (Lipinski definition) is 2. The van der Waals surface area contributed by atoms with Gasteiger partial charge in [0.15, 0.2) is 6.10 Å². The van der Waals surface area contributed by atoms with E-state index in [9.17, 15) is 14.3 Å². The summed E-state index contributed by atoms with van der Waals surface area (Å²) < 4.78 is 31.0. The third kappa shape index (κ3) is 9.09. The first-order valence-electron chi connectivity index (χ1n) is 16.7. The van der Waals surface area contributed by atoms with E-state index in [4.69, 9.17) is 19.2 Å². The van der Waals surface area contributed by atoms with Crippen molar-refractivity contribution in [3.05, 3.63) is 76.9 Å². The molecule has 1 aromatic heterocycles. The van der Waals surface area contributed by atoms with E-state index in [2.05, 4.69) is 24.1 Å². The molecule has 0 saturated carbocycles. The number of ether oxygens (including phenoxy) is 3. The number of nitrogens with zero attached hydrogens (tertiary/aromatic N) is 2. The summed E-state index contributed by atoms with van der Waals surface area (Å²) in [6.45, 7) is 17.1. The minimum atomic E-state index is -1.19. The van der Waals surface area contributed by atoms with Crippen molar-refractivity contribution in [2.75, 3.05) is 44.4 Å². The van der Waals surface area contributed by atoms with Crippen LogP contribution in [0.2, 0.25) is 0 Å². The summed E-state index contributed by atoms with van der Waals surface area (Å²) in [6, 6.07) is 14.4. The number of halogens is 1. The fourth-order valence-corrected chi connectivity index (χ4v) is 6.21. The van der Waals surface area contributed by atoms with E-state index in [1.165, 1.54) is 12.1 Å². The fraction of sp³-hybridized carbons (Fsp3) is 0.526. The molecule has 2 saturated heterocycles. The third-order valence-electron chi connectivity index (χ3n) is 9.01. The van der Waals surface area contributed by atoms with Crippen molar-refractivity contribution in [1.82, 2.24) is 10.3 Å². The number of benzene rings is 2. The van der Waals surface area contributed by atoms with Gasteiger partial charge >= 0.3 is 5.97 Å². The summed E-state index contributed by atoms with van der Waals surface area (Å²) in [5.41, 5.74) is 5.41. The second-order valence-corrected chi connectivity index (χ2v) is 14.7. The number of nitrogens with one attached hydrogen (secondary N) is 1.